The summed E-state index contributed by atoms with van der Waals surface area (Å²) in [6.45, 7) is 0.669. The minimum atomic E-state index is -2.98. The van der Waals surface area contributed by atoms with Gasteiger partial charge in [0.05, 0.1) is 6.54 Å². The van der Waals surface area contributed by atoms with Crippen molar-refractivity contribution in [3.05, 3.63) is 33.4 Å². The first-order valence-electron chi connectivity index (χ1n) is 5.50. The summed E-state index contributed by atoms with van der Waals surface area (Å²) in [5.74, 6) is -2.98. The highest BCUT2D eigenvalue weighted by Crippen LogP contribution is 2.28. The SMILES string of the molecule is OC1CCN(Cc2ccc(I)cc2)CC1(F)F. The van der Waals surface area contributed by atoms with E-state index in [2.05, 4.69) is 22.6 Å². The van der Waals surface area contributed by atoms with Crippen LogP contribution in [0.15, 0.2) is 24.3 Å². The molecule has 1 aromatic rings. The summed E-state index contributed by atoms with van der Waals surface area (Å²) in [6, 6.07) is 7.83. The molecule has 0 aromatic heterocycles. The van der Waals surface area contributed by atoms with Crippen molar-refractivity contribution in [2.45, 2.75) is 25.0 Å². The van der Waals surface area contributed by atoms with Gasteiger partial charge in [0.25, 0.3) is 5.92 Å². The third kappa shape index (κ3) is 3.35. The molecule has 1 fully saturated rings. The lowest BCUT2D eigenvalue weighted by atomic mass is 10.0. The van der Waals surface area contributed by atoms with Gasteiger partial charge in [-0.2, -0.15) is 0 Å². The predicted octanol–water partition coefficient (Wildman–Crippen LogP) is 2.49. The molecule has 17 heavy (non-hydrogen) atoms. The van der Waals surface area contributed by atoms with Crippen molar-refractivity contribution in [2.75, 3.05) is 13.1 Å². The van der Waals surface area contributed by atoms with Crippen molar-refractivity contribution in [2.24, 2.45) is 0 Å². The highest BCUT2D eigenvalue weighted by Gasteiger charge is 2.43. The average Bonchev–Trinajstić information content (AvgIpc) is 2.26. The Balaban J connectivity index is 1.98. The van der Waals surface area contributed by atoms with Gasteiger partial charge < -0.3 is 5.11 Å². The topological polar surface area (TPSA) is 23.5 Å². The molecule has 1 N–H and O–H groups in total. The molecule has 1 aliphatic rings. The number of rotatable bonds is 2. The summed E-state index contributed by atoms with van der Waals surface area (Å²) in [5.41, 5.74) is 1.03. The van der Waals surface area contributed by atoms with E-state index in [4.69, 9.17) is 0 Å². The summed E-state index contributed by atoms with van der Waals surface area (Å²) in [6.07, 6.45) is -1.35. The standard InChI is InChI=1S/C12H14F2INO/c13-12(14)8-16(6-5-11(12)17)7-9-1-3-10(15)4-2-9/h1-4,11,17H,5-8H2. The van der Waals surface area contributed by atoms with Crippen LogP contribution in [-0.4, -0.2) is 35.1 Å². The minimum Gasteiger partial charge on any atom is -0.387 e. The van der Waals surface area contributed by atoms with Crippen LogP contribution >= 0.6 is 22.6 Å². The van der Waals surface area contributed by atoms with E-state index < -0.39 is 12.0 Å². The lowest BCUT2D eigenvalue weighted by Gasteiger charge is -2.35. The van der Waals surface area contributed by atoms with Crippen LogP contribution in [0, 0.1) is 3.57 Å². The number of alkyl halides is 2. The van der Waals surface area contributed by atoms with E-state index in [0.29, 0.717) is 13.1 Å². The summed E-state index contributed by atoms with van der Waals surface area (Å²) >= 11 is 2.21. The molecule has 1 saturated heterocycles. The third-order valence-electron chi connectivity index (χ3n) is 2.96. The largest absolute Gasteiger partial charge is 0.387 e. The van der Waals surface area contributed by atoms with Crippen LogP contribution in [0.3, 0.4) is 0 Å². The van der Waals surface area contributed by atoms with Crippen molar-refractivity contribution in [1.82, 2.24) is 4.90 Å². The molecule has 1 aromatic carbocycles. The molecule has 0 spiro atoms. The second-order valence-corrected chi connectivity index (χ2v) is 5.65. The molecule has 0 radical (unpaired) electrons. The van der Waals surface area contributed by atoms with Crippen LogP contribution < -0.4 is 0 Å². The molecular weight excluding hydrogens is 339 g/mol. The van der Waals surface area contributed by atoms with E-state index in [1.165, 1.54) is 0 Å². The van der Waals surface area contributed by atoms with Gasteiger partial charge in [-0.1, -0.05) is 12.1 Å². The molecule has 0 saturated carbocycles. The normalized spacial score (nSPS) is 24.8. The lowest BCUT2D eigenvalue weighted by Crippen LogP contribution is -2.51. The molecule has 1 aliphatic heterocycles. The minimum absolute atomic E-state index is 0.136. The number of nitrogens with zero attached hydrogens (tertiary/aromatic N) is 1. The molecule has 1 heterocycles. The molecule has 0 aliphatic carbocycles. The van der Waals surface area contributed by atoms with Crippen molar-refractivity contribution in [1.29, 1.82) is 0 Å². The van der Waals surface area contributed by atoms with Crippen LogP contribution in [0.1, 0.15) is 12.0 Å². The van der Waals surface area contributed by atoms with Crippen LogP contribution in [0.5, 0.6) is 0 Å². The number of aliphatic hydroxyl groups is 1. The van der Waals surface area contributed by atoms with Crippen molar-refractivity contribution < 1.29 is 13.9 Å². The Labute approximate surface area is 113 Å². The highest BCUT2D eigenvalue weighted by atomic mass is 127. The first-order chi connectivity index (χ1) is 7.97. The van der Waals surface area contributed by atoms with Gasteiger partial charge in [0.2, 0.25) is 0 Å². The fourth-order valence-electron chi connectivity index (χ4n) is 1.98. The smallest absolute Gasteiger partial charge is 0.285 e. The Morgan fingerprint density at radius 1 is 1.35 bits per heavy atom. The van der Waals surface area contributed by atoms with Gasteiger partial charge >= 0.3 is 0 Å². The molecule has 0 bridgehead atoms. The Morgan fingerprint density at radius 2 is 2.00 bits per heavy atom. The van der Waals surface area contributed by atoms with Gasteiger partial charge in [0.1, 0.15) is 6.10 Å². The summed E-state index contributed by atoms with van der Waals surface area (Å²) in [7, 11) is 0. The molecule has 2 rings (SSSR count). The fourth-order valence-corrected chi connectivity index (χ4v) is 2.34. The predicted molar refractivity (Wildman–Crippen MR) is 70.0 cm³/mol. The van der Waals surface area contributed by atoms with Gasteiger partial charge in [-0.3, -0.25) is 4.90 Å². The van der Waals surface area contributed by atoms with E-state index in [1.54, 1.807) is 4.90 Å². The third-order valence-corrected chi connectivity index (χ3v) is 3.68. The van der Waals surface area contributed by atoms with Gasteiger partial charge in [-0.25, -0.2) is 8.78 Å². The van der Waals surface area contributed by atoms with E-state index in [0.717, 1.165) is 9.13 Å². The Bertz CT molecular complexity index is 383. The number of piperidine rings is 1. The van der Waals surface area contributed by atoms with Crippen LogP contribution in [0.4, 0.5) is 8.78 Å². The number of hydrogen-bond donors (Lipinski definition) is 1. The van der Waals surface area contributed by atoms with Crippen molar-refractivity contribution in [3.8, 4) is 0 Å². The second-order valence-electron chi connectivity index (χ2n) is 4.40. The first-order valence-corrected chi connectivity index (χ1v) is 6.58. The van der Waals surface area contributed by atoms with Gasteiger partial charge in [0.15, 0.2) is 0 Å². The lowest BCUT2D eigenvalue weighted by molar-refractivity contribution is -0.151. The van der Waals surface area contributed by atoms with E-state index >= 15 is 0 Å². The maximum absolute atomic E-state index is 13.3. The number of halogens is 3. The van der Waals surface area contributed by atoms with E-state index in [-0.39, 0.29) is 13.0 Å². The molecule has 94 valence electrons. The van der Waals surface area contributed by atoms with Crippen molar-refractivity contribution in [3.63, 3.8) is 0 Å². The quantitative estimate of drug-likeness (QED) is 0.826. The fraction of sp³-hybridized carbons (Fsp3) is 0.500. The Morgan fingerprint density at radius 3 is 2.59 bits per heavy atom. The van der Waals surface area contributed by atoms with Gasteiger partial charge in [-0.15, -0.1) is 0 Å². The molecule has 0 amide bonds. The zero-order valence-corrected chi connectivity index (χ0v) is 11.4. The van der Waals surface area contributed by atoms with Gasteiger partial charge in [0, 0.05) is 16.7 Å². The maximum Gasteiger partial charge on any atom is 0.285 e. The average molecular weight is 353 g/mol. The zero-order chi connectivity index (χ0) is 12.5. The number of aliphatic hydroxyl groups excluding tert-OH is 1. The summed E-state index contributed by atoms with van der Waals surface area (Å²) in [4.78, 5) is 1.69. The number of benzene rings is 1. The van der Waals surface area contributed by atoms with Crippen molar-refractivity contribution >= 4 is 22.6 Å². The molecule has 2 nitrogen and oxygen atoms in total. The van der Waals surface area contributed by atoms with Gasteiger partial charge in [-0.05, 0) is 46.7 Å². The summed E-state index contributed by atoms with van der Waals surface area (Å²) in [5, 5.41) is 9.18. The molecular formula is C12H14F2INO. The zero-order valence-electron chi connectivity index (χ0n) is 9.24. The Hall–Kier alpha value is -0.270. The molecule has 5 heteroatoms. The number of likely N-dealkylation sites (tertiary alicyclic amines) is 1. The number of hydrogen-bond acceptors (Lipinski definition) is 2. The van der Waals surface area contributed by atoms with Crippen LogP contribution in [-0.2, 0) is 6.54 Å². The Kier molecular flexibility index (Phi) is 3.99. The second kappa shape index (κ2) is 5.16. The first kappa shape index (κ1) is 13.2. The monoisotopic (exact) mass is 353 g/mol. The highest BCUT2D eigenvalue weighted by molar-refractivity contribution is 14.1. The maximum atomic E-state index is 13.3. The van der Waals surface area contributed by atoms with Crippen LogP contribution in [0.2, 0.25) is 0 Å². The summed E-state index contributed by atoms with van der Waals surface area (Å²) < 4.78 is 27.8. The van der Waals surface area contributed by atoms with E-state index in [9.17, 15) is 13.9 Å². The van der Waals surface area contributed by atoms with Crippen LogP contribution in [0.25, 0.3) is 0 Å². The van der Waals surface area contributed by atoms with E-state index in [1.807, 2.05) is 24.3 Å². The molecule has 1 unspecified atom stereocenters. The molecule has 1 atom stereocenters.